The molecule has 0 aliphatic carbocycles. The first-order valence-electron chi connectivity index (χ1n) is 11.4. The fourth-order valence-electron chi connectivity index (χ4n) is 4.47. The van der Waals surface area contributed by atoms with Crippen molar-refractivity contribution < 1.29 is 19.1 Å². The summed E-state index contributed by atoms with van der Waals surface area (Å²) in [5.74, 6) is 0.500. The lowest BCUT2D eigenvalue weighted by Gasteiger charge is -2.34. The first-order valence-corrected chi connectivity index (χ1v) is 11.4. The molecule has 4 nitrogen and oxygen atoms in total. The number of aryl methyl sites for hydroxylation is 2. The van der Waals surface area contributed by atoms with Crippen LogP contribution >= 0.6 is 0 Å². The summed E-state index contributed by atoms with van der Waals surface area (Å²) >= 11 is 0. The number of rotatable bonds is 8. The van der Waals surface area contributed by atoms with Gasteiger partial charge in [-0.25, -0.2) is 4.79 Å². The summed E-state index contributed by atoms with van der Waals surface area (Å²) in [5.41, 5.74) is 4.26. The van der Waals surface area contributed by atoms with Gasteiger partial charge in [0, 0.05) is 10.8 Å². The van der Waals surface area contributed by atoms with Gasteiger partial charge in [-0.1, -0.05) is 58.9 Å². The third kappa shape index (κ3) is 5.06. The molecule has 0 spiro atoms. The van der Waals surface area contributed by atoms with Crippen LogP contribution in [0.5, 0.6) is 5.75 Å². The number of benzene rings is 2. The van der Waals surface area contributed by atoms with E-state index in [0.717, 1.165) is 29.7 Å². The Morgan fingerprint density at radius 2 is 1.44 bits per heavy atom. The SMILES string of the molecule is CCC(CC)(c1ccc(OC(C)C(=O)C(C)(C)C)c(C)c1)c1ccc(C(=O)OC)c(C)c1. The number of carbonyl (C=O) groups excluding carboxylic acids is 2. The lowest BCUT2D eigenvalue weighted by Crippen LogP contribution is -2.34. The Morgan fingerprint density at radius 3 is 1.88 bits per heavy atom. The third-order valence-corrected chi connectivity index (χ3v) is 6.53. The van der Waals surface area contributed by atoms with E-state index in [2.05, 4.69) is 32.0 Å². The van der Waals surface area contributed by atoms with Gasteiger partial charge in [0.25, 0.3) is 0 Å². The van der Waals surface area contributed by atoms with Crippen molar-refractivity contribution in [2.45, 2.75) is 79.8 Å². The summed E-state index contributed by atoms with van der Waals surface area (Å²) in [6.07, 6.45) is 1.33. The molecule has 0 aliphatic rings. The zero-order valence-corrected chi connectivity index (χ0v) is 21.1. The van der Waals surface area contributed by atoms with E-state index in [9.17, 15) is 9.59 Å². The Bertz CT molecular complexity index is 977. The molecule has 0 aliphatic heterocycles. The second-order valence-corrected chi connectivity index (χ2v) is 9.67. The van der Waals surface area contributed by atoms with Crippen molar-refractivity contribution in [3.63, 3.8) is 0 Å². The van der Waals surface area contributed by atoms with Crippen molar-refractivity contribution in [2.24, 2.45) is 5.41 Å². The van der Waals surface area contributed by atoms with Gasteiger partial charge in [0.05, 0.1) is 12.7 Å². The van der Waals surface area contributed by atoms with E-state index in [4.69, 9.17) is 9.47 Å². The molecule has 0 heterocycles. The van der Waals surface area contributed by atoms with Gasteiger partial charge in [-0.3, -0.25) is 4.79 Å². The van der Waals surface area contributed by atoms with Crippen molar-refractivity contribution in [3.05, 3.63) is 64.2 Å². The molecule has 4 heteroatoms. The van der Waals surface area contributed by atoms with Crippen molar-refractivity contribution in [2.75, 3.05) is 7.11 Å². The summed E-state index contributed by atoms with van der Waals surface area (Å²) in [4.78, 5) is 24.6. The average Bonchev–Trinajstić information content (AvgIpc) is 2.75. The predicted octanol–water partition coefficient (Wildman–Crippen LogP) is 6.58. The highest BCUT2D eigenvalue weighted by Crippen LogP contribution is 2.41. The zero-order valence-electron chi connectivity index (χ0n) is 21.1. The Hall–Kier alpha value is -2.62. The molecule has 0 N–H and O–H groups in total. The van der Waals surface area contributed by atoms with E-state index in [-0.39, 0.29) is 17.2 Å². The average molecular weight is 439 g/mol. The van der Waals surface area contributed by atoms with Gasteiger partial charge >= 0.3 is 5.97 Å². The maximum atomic E-state index is 12.6. The Kier molecular flexibility index (Phi) is 7.92. The normalized spacial score (nSPS) is 12.9. The number of ketones is 1. The molecule has 0 amide bonds. The highest BCUT2D eigenvalue weighted by atomic mass is 16.5. The Labute approximate surface area is 193 Å². The number of hydrogen-bond donors (Lipinski definition) is 0. The molecule has 2 aromatic rings. The minimum absolute atomic E-state index is 0.0820. The molecule has 1 atom stereocenters. The van der Waals surface area contributed by atoms with Crippen LogP contribution in [0.15, 0.2) is 36.4 Å². The molecular formula is C28H38O4. The molecule has 0 bridgehead atoms. The van der Waals surface area contributed by atoms with Crippen LogP contribution in [0, 0.1) is 19.3 Å². The van der Waals surface area contributed by atoms with Gasteiger partial charge in [0.2, 0.25) is 0 Å². The molecule has 0 aromatic heterocycles. The van der Waals surface area contributed by atoms with Gasteiger partial charge in [-0.15, -0.1) is 0 Å². The molecule has 1 unspecified atom stereocenters. The zero-order chi connectivity index (χ0) is 24.3. The molecule has 0 saturated heterocycles. The summed E-state index contributed by atoms with van der Waals surface area (Å²) in [5, 5.41) is 0. The molecule has 32 heavy (non-hydrogen) atoms. The monoisotopic (exact) mass is 438 g/mol. The van der Waals surface area contributed by atoms with Crippen LogP contribution < -0.4 is 4.74 Å². The summed E-state index contributed by atoms with van der Waals surface area (Å²) in [6.45, 7) is 15.9. The number of methoxy groups -OCH3 is 1. The summed E-state index contributed by atoms with van der Waals surface area (Å²) in [6, 6.07) is 12.3. The van der Waals surface area contributed by atoms with E-state index in [1.54, 1.807) is 0 Å². The predicted molar refractivity (Wildman–Crippen MR) is 130 cm³/mol. The smallest absolute Gasteiger partial charge is 0.338 e. The topological polar surface area (TPSA) is 52.6 Å². The van der Waals surface area contributed by atoms with E-state index in [0.29, 0.717) is 5.56 Å². The minimum Gasteiger partial charge on any atom is -0.483 e. The first kappa shape index (κ1) is 25.6. The maximum absolute atomic E-state index is 12.6. The van der Waals surface area contributed by atoms with Gasteiger partial charge in [-0.2, -0.15) is 0 Å². The highest BCUT2D eigenvalue weighted by molar-refractivity contribution is 5.91. The molecule has 2 aromatic carbocycles. The summed E-state index contributed by atoms with van der Waals surface area (Å²) in [7, 11) is 1.40. The van der Waals surface area contributed by atoms with Crippen LogP contribution in [-0.2, 0) is 14.9 Å². The summed E-state index contributed by atoms with van der Waals surface area (Å²) < 4.78 is 10.9. The van der Waals surface area contributed by atoms with Crippen LogP contribution in [0.3, 0.4) is 0 Å². The lowest BCUT2D eigenvalue weighted by molar-refractivity contribution is -0.132. The molecule has 174 valence electrons. The highest BCUT2D eigenvalue weighted by Gasteiger charge is 2.32. The fraction of sp³-hybridized carbons (Fsp3) is 0.500. The van der Waals surface area contributed by atoms with Crippen LogP contribution in [0.1, 0.15) is 87.0 Å². The maximum Gasteiger partial charge on any atom is 0.338 e. The molecule has 2 rings (SSSR count). The van der Waals surface area contributed by atoms with Crippen molar-refractivity contribution in [1.82, 2.24) is 0 Å². The van der Waals surface area contributed by atoms with Gasteiger partial charge < -0.3 is 9.47 Å². The van der Waals surface area contributed by atoms with Crippen LogP contribution in [0.2, 0.25) is 0 Å². The van der Waals surface area contributed by atoms with Crippen LogP contribution in [0.4, 0.5) is 0 Å². The van der Waals surface area contributed by atoms with E-state index in [1.807, 2.05) is 59.7 Å². The fourth-order valence-corrected chi connectivity index (χ4v) is 4.47. The number of ether oxygens (including phenoxy) is 2. The first-order chi connectivity index (χ1) is 14.9. The van der Waals surface area contributed by atoms with E-state index < -0.39 is 11.5 Å². The standard InChI is InChI=1S/C28H38O4/c1-10-28(11-2,21-12-14-23(18(3)16-21)26(30)31-9)22-13-15-24(19(4)17-22)32-20(5)25(29)27(6,7)8/h12-17,20H,10-11H2,1-9H3. The van der Waals surface area contributed by atoms with Crippen LogP contribution in [0.25, 0.3) is 0 Å². The van der Waals surface area contributed by atoms with Crippen molar-refractivity contribution >= 4 is 11.8 Å². The Morgan fingerprint density at radius 1 is 0.906 bits per heavy atom. The number of hydrogen-bond acceptors (Lipinski definition) is 4. The third-order valence-electron chi connectivity index (χ3n) is 6.53. The van der Waals surface area contributed by atoms with Gasteiger partial charge in [0.1, 0.15) is 5.75 Å². The van der Waals surface area contributed by atoms with Gasteiger partial charge in [0.15, 0.2) is 11.9 Å². The van der Waals surface area contributed by atoms with Gasteiger partial charge in [-0.05, 0) is 68.0 Å². The largest absolute Gasteiger partial charge is 0.483 e. The van der Waals surface area contributed by atoms with Crippen LogP contribution in [-0.4, -0.2) is 25.0 Å². The Balaban J connectivity index is 2.45. The minimum atomic E-state index is -0.504. The second-order valence-electron chi connectivity index (χ2n) is 9.67. The second kappa shape index (κ2) is 9.89. The quantitative estimate of drug-likeness (QED) is 0.437. The number of esters is 1. The molecule has 0 fully saturated rings. The molecular weight excluding hydrogens is 400 g/mol. The van der Waals surface area contributed by atoms with Crippen molar-refractivity contribution in [1.29, 1.82) is 0 Å². The van der Waals surface area contributed by atoms with E-state index >= 15 is 0 Å². The lowest BCUT2D eigenvalue weighted by atomic mass is 9.70. The molecule has 0 saturated carbocycles. The number of Topliss-reactive ketones (excluding diaryl/α,β-unsaturated/α-hetero) is 1. The number of carbonyl (C=O) groups is 2. The molecule has 0 radical (unpaired) electrons. The van der Waals surface area contributed by atoms with E-state index in [1.165, 1.54) is 18.2 Å². The van der Waals surface area contributed by atoms with Crippen molar-refractivity contribution in [3.8, 4) is 5.75 Å².